The van der Waals surface area contributed by atoms with Crippen LogP contribution in [0, 0.1) is 0 Å². The minimum atomic E-state index is -1.31. The van der Waals surface area contributed by atoms with Crippen LogP contribution in [0.3, 0.4) is 0 Å². The third-order valence-electron chi connectivity index (χ3n) is 2.92. The van der Waals surface area contributed by atoms with Gasteiger partial charge in [0.25, 0.3) is 0 Å². The summed E-state index contributed by atoms with van der Waals surface area (Å²) in [6, 6.07) is -0.227. The summed E-state index contributed by atoms with van der Waals surface area (Å²) in [6.07, 6.45) is 3.92. The molecule has 2 atom stereocenters. The molecule has 1 fully saturated rings. The first-order chi connectivity index (χ1) is 8.11. The topological polar surface area (TPSA) is 104 Å². The van der Waals surface area contributed by atoms with E-state index in [-0.39, 0.29) is 18.5 Å². The summed E-state index contributed by atoms with van der Waals surface area (Å²) in [5, 5.41) is 14.9. The predicted molar refractivity (Wildman–Crippen MR) is 63.1 cm³/mol. The lowest BCUT2D eigenvalue weighted by molar-refractivity contribution is -0.127. The molecule has 5 N–H and O–H groups in total. The summed E-state index contributed by atoms with van der Waals surface area (Å²) in [5.74, 6) is -0.997. The van der Waals surface area contributed by atoms with Gasteiger partial charge in [0.15, 0.2) is 0 Å². The highest BCUT2D eigenvalue weighted by Gasteiger charge is 2.20. The molecule has 1 heterocycles. The maximum atomic E-state index is 11.8. The fraction of sp³-hybridized carbons (Fsp3) is 0.818. The fourth-order valence-corrected chi connectivity index (χ4v) is 1.85. The molecule has 2 unspecified atom stereocenters. The Kier molecular flexibility index (Phi) is 5.93. The van der Waals surface area contributed by atoms with Crippen molar-refractivity contribution in [1.82, 2.24) is 10.6 Å². The van der Waals surface area contributed by atoms with Crippen LogP contribution in [0.2, 0.25) is 0 Å². The molecule has 17 heavy (non-hydrogen) atoms. The number of hydrogen-bond donors (Lipinski definition) is 4. The lowest BCUT2D eigenvalue weighted by Gasteiger charge is -2.21. The summed E-state index contributed by atoms with van der Waals surface area (Å²) >= 11 is 0. The van der Waals surface area contributed by atoms with E-state index in [0.717, 1.165) is 32.2 Å². The molecule has 2 amide bonds. The average Bonchev–Trinajstić information content (AvgIpc) is 2.24. The van der Waals surface area contributed by atoms with Crippen LogP contribution in [-0.2, 0) is 9.59 Å². The van der Waals surface area contributed by atoms with Crippen LogP contribution >= 0.6 is 0 Å². The Morgan fingerprint density at radius 1 is 1.35 bits per heavy atom. The number of primary amides is 1. The lowest BCUT2D eigenvalue weighted by atomic mass is 10.0. The van der Waals surface area contributed by atoms with Crippen molar-refractivity contribution in [2.75, 3.05) is 13.1 Å². The molecule has 6 heteroatoms. The van der Waals surface area contributed by atoms with Gasteiger partial charge >= 0.3 is 0 Å². The number of aliphatic hydroxyl groups is 1. The number of rotatable bonds is 4. The molecular weight excluding hydrogens is 222 g/mol. The van der Waals surface area contributed by atoms with Gasteiger partial charge in [-0.15, -0.1) is 0 Å². The standard InChI is InChI=1S/C11H21N3O3/c12-10(16)9(15)7-14-11(17)8-5-3-1-2-4-6-13-8/h8-9,13,15H,1-7H2,(H2,12,16)(H,14,17). The Balaban J connectivity index is 2.32. The van der Waals surface area contributed by atoms with Crippen molar-refractivity contribution in [3.8, 4) is 0 Å². The van der Waals surface area contributed by atoms with Crippen molar-refractivity contribution in [3.05, 3.63) is 0 Å². The molecule has 1 rings (SSSR count). The Bertz CT molecular complexity index is 263. The molecule has 0 aromatic rings. The number of hydrogen-bond acceptors (Lipinski definition) is 4. The normalized spacial score (nSPS) is 23.2. The highest BCUT2D eigenvalue weighted by atomic mass is 16.3. The number of carbonyl (C=O) groups excluding carboxylic acids is 2. The monoisotopic (exact) mass is 243 g/mol. The summed E-state index contributed by atoms with van der Waals surface area (Å²) in [5.41, 5.74) is 4.89. The Labute approximate surface area is 101 Å². The second-order valence-corrected chi connectivity index (χ2v) is 4.37. The van der Waals surface area contributed by atoms with Crippen molar-refractivity contribution < 1.29 is 14.7 Å². The molecule has 0 spiro atoms. The molecule has 1 aliphatic rings. The van der Waals surface area contributed by atoms with E-state index < -0.39 is 12.0 Å². The SMILES string of the molecule is NC(=O)C(O)CNC(=O)C1CCCCCCN1. The van der Waals surface area contributed by atoms with E-state index in [9.17, 15) is 9.59 Å². The van der Waals surface area contributed by atoms with Crippen molar-refractivity contribution >= 4 is 11.8 Å². The summed E-state index contributed by atoms with van der Waals surface area (Å²) in [4.78, 5) is 22.3. The van der Waals surface area contributed by atoms with E-state index >= 15 is 0 Å². The average molecular weight is 243 g/mol. The third-order valence-corrected chi connectivity index (χ3v) is 2.92. The second-order valence-electron chi connectivity index (χ2n) is 4.37. The minimum Gasteiger partial charge on any atom is -0.381 e. The fourth-order valence-electron chi connectivity index (χ4n) is 1.85. The zero-order valence-corrected chi connectivity index (χ0v) is 9.95. The first-order valence-corrected chi connectivity index (χ1v) is 6.09. The number of carbonyl (C=O) groups is 2. The van der Waals surface area contributed by atoms with Crippen LogP contribution in [0.4, 0.5) is 0 Å². The Morgan fingerprint density at radius 3 is 2.76 bits per heavy atom. The molecular formula is C11H21N3O3. The number of amides is 2. The van der Waals surface area contributed by atoms with Gasteiger partial charge in [-0.3, -0.25) is 9.59 Å². The molecule has 0 aromatic heterocycles. The smallest absolute Gasteiger partial charge is 0.248 e. The molecule has 0 saturated carbocycles. The van der Waals surface area contributed by atoms with Crippen molar-refractivity contribution in [3.63, 3.8) is 0 Å². The van der Waals surface area contributed by atoms with Crippen molar-refractivity contribution in [1.29, 1.82) is 0 Å². The van der Waals surface area contributed by atoms with Crippen LogP contribution in [0.15, 0.2) is 0 Å². The first-order valence-electron chi connectivity index (χ1n) is 6.09. The molecule has 0 aliphatic carbocycles. The predicted octanol–water partition coefficient (Wildman–Crippen LogP) is -1.13. The van der Waals surface area contributed by atoms with Gasteiger partial charge in [-0.1, -0.05) is 19.3 Å². The van der Waals surface area contributed by atoms with Gasteiger partial charge in [-0.05, 0) is 19.4 Å². The number of nitrogens with two attached hydrogens (primary N) is 1. The zero-order chi connectivity index (χ0) is 12.7. The van der Waals surface area contributed by atoms with Gasteiger partial charge in [0.05, 0.1) is 12.6 Å². The number of nitrogens with one attached hydrogen (secondary N) is 2. The van der Waals surface area contributed by atoms with E-state index in [1.54, 1.807) is 0 Å². The highest BCUT2D eigenvalue weighted by Crippen LogP contribution is 2.09. The molecule has 1 saturated heterocycles. The van der Waals surface area contributed by atoms with Crippen molar-refractivity contribution in [2.24, 2.45) is 5.73 Å². The van der Waals surface area contributed by atoms with Crippen molar-refractivity contribution in [2.45, 2.75) is 44.2 Å². The molecule has 0 bridgehead atoms. The van der Waals surface area contributed by atoms with Gasteiger partial charge in [-0.25, -0.2) is 0 Å². The van der Waals surface area contributed by atoms with Gasteiger partial charge < -0.3 is 21.5 Å². The van der Waals surface area contributed by atoms with Crippen LogP contribution in [0.5, 0.6) is 0 Å². The van der Waals surface area contributed by atoms with Gasteiger partial charge in [0, 0.05) is 0 Å². The van der Waals surface area contributed by atoms with Crippen LogP contribution < -0.4 is 16.4 Å². The molecule has 98 valence electrons. The molecule has 0 radical (unpaired) electrons. The minimum absolute atomic E-state index is 0.119. The van der Waals surface area contributed by atoms with E-state index in [4.69, 9.17) is 10.8 Å². The van der Waals surface area contributed by atoms with Gasteiger partial charge in [0.2, 0.25) is 11.8 Å². The van der Waals surface area contributed by atoms with Crippen LogP contribution in [0.1, 0.15) is 32.1 Å². The van der Waals surface area contributed by atoms with Gasteiger partial charge in [0.1, 0.15) is 6.10 Å². The molecule has 1 aliphatic heterocycles. The molecule has 0 aromatic carbocycles. The van der Waals surface area contributed by atoms with Gasteiger partial charge in [-0.2, -0.15) is 0 Å². The largest absolute Gasteiger partial charge is 0.381 e. The van der Waals surface area contributed by atoms with E-state index in [0.29, 0.717) is 0 Å². The summed E-state index contributed by atoms with van der Waals surface area (Å²) in [7, 11) is 0. The Hall–Kier alpha value is -1.14. The Morgan fingerprint density at radius 2 is 2.06 bits per heavy atom. The summed E-state index contributed by atoms with van der Waals surface area (Å²) < 4.78 is 0. The van der Waals surface area contributed by atoms with Crippen LogP contribution in [-0.4, -0.2) is 42.2 Å². The van der Waals surface area contributed by atoms with E-state index in [1.807, 2.05) is 0 Å². The third kappa shape index (κ3) is 5.14. The highest BCUT2D eigenvalue weighted by molar-refractivity contribution is 5.83. The molecule has 6 nitrogen and oxygen atoms in total. The maximum absolute atomic E-state index is 11.8. The first kappa shape index (κ1) is 13.9. The van der Waals surface area contributed by atoms with E-state index in [1.165, 1.54) is 6.42 Å². The second kappa shape index (κ2) is 7.24. The maximum Gasteiger partial charge on any atom is 0.248 e. The zero-order valence-electron chi connectivity index (χ0n) is 9.95. The van der Waals surface area contributed by atoms with Crippen LogP contribution in [0.25, 0.3) is 0 Å². The number of aliphatic hydroxyl groups excluding tert-OH is 1. The summed E-state index contributed by atoms with van der Waals surface area (Å²) in [6.45, 7) is 0.711. The lowest BCUT2D eigenvalue weighted by Crippen LogP contribution is -2.48. The quantitative estimate of drug-likeness (QED) is 0.501. The van der Waals surface area contributed by atoms with E-state index in [2.05, 4.69) is 10.6 Å².